The van der Waals surface area contributed by atoms with Crippen LogP contribution in [0.5, 0.6) is 5.75 Å². The first kappa shape index (κ1) is 18.5. The highest BCUT2D eigenvalue weighted by Crippen LogP contribution is 2.24. The largest absolute Gasteiger partial charge is 0.506 e. The van der Waals surface area contributed by atoms with Crippen LogP contribution < -0.4 is 5.32 Å². The Morgan fingerprint density at radius 1 is 1.46 bits per heavy atom. The summed E-state index contributed by atoms with van der Waals surface area (Å²) in [5.74, 6) is -0.0891. The van der Waals surface area contributed by atoms with Crippen LogP contribution in [0.1, 0.15) is 29.6 Å². The van der Waals surface area contributed by atoms with Crippen molar-refractivity contribution in [2.75, 3.05) is 33.7 Å². The van der Waals surface area contributed by atoms with Crippen LogP contribution in [0.15, 0.2) is 18.2 Å². The highest BCUT2D eigenvalue weighted by atomic mass is 35.5. The molecule has 0 aromatic heterocycles. The van der Waals surface area contributed by atoms with Gasteiger partial charge in [-0.15, -0.1) is 0 Å². The number of rotatable bonds is 7. The summed E-state index contributed by atoms with van der Waals surface area (Å²) in [6.45, 7) is 2.05. The number of likely N-dealkylation sites (tertiary alicyclic amines) is 1. The zero-order valence-electron chi connectivity index (χ0n) is 14.1. The van der Waals surface area contributed by atoms with E-state index in [0.29, 0.717) is 18.5 Å². The van der Waals surface area contributed by atoms with Crippen molar-refractivity contribution in [3.05, 3.63) is 28.8 Å². The van der Waals surface area contributed by atoms with Crippen molar-refractivity contribution >= 4 is 23.4 Å². The van der Waals surface area contributed by atoms with E-state index in [1.54, 1.807) is 0 Å². The number of phenolic OH excluding ortho intramolecular Hbond substituents is 1. The normalized spacial score (nSPS) is 17.6. The molecule has 24 heavy (non-hydrogen) atoms. The van der Waals surface area contributed by atoms with E-state index in [1.807, 2.05) is 19.0 Å². The average Bonchev–Trinajstić information content (AvgIpc) is 2.88. The SMILES string of the molecule is CN(C)CCN1C(=O)CCC1CCNC(=O)c1ccc(O)c(Cl)c1. The van der Waals surface area contributed by atoms with Gasteiger partial charge in [0.2, 0.25) is 5.91 Å². The number of likely N-dealkylation sites (N-methyl/N-ethyl adjacent to an activating group) is 1. The van der Waals surface area contributed by atoms with E-state index >= 15 is 0 Å². The third-order valence-corrected chi connectivity index (χ3v) is 4.52. The molecule has 0 bridgehead atoms. The molecule has 1 heterocycles. The molecule has 0 spiro atoms. The predicted octanol–water partition coefficient (Wildman–Crippen LogP) is 1.72. The smallest absolute Gasteiger partial charge is 0.251 e. The Balaban J connectivity index is 1.82. The van der Waals surface area contributed by atoms with Gasteiger partial charge in [0, 0.05) is 37.7 Å². The molecule has 2 N–H and O–H groups in total. The van der Waals surface area contributed by atoms with Crippen LogP contribution in [0.2, 0.25) is 5.02 Å². The number of carbonyl (C=O) groups is 2. The molecule has 1 fully saturated rings. The van der Waals surface area contributed by atoms with E-state index in [1.165, 1.54) is 18.2 Å². The van der Waals surface area contributed by atoms with E-state index in [2.05, 4.69) is 10.2 Å². The average molecular weight is 354 g/mol. The fourth-order valence-electron chi connectivity index (χ4n) is 2.81. The van der Waals surface area contributed by atoms with Crippen LogP contribution in [-0.4, -0.2) is 66.5 Å². The third-order valence-electron chi connectivity index (χ3n) is 4.21. The lowest BCUT2D eigenvalue weighted by atomic mass is 10.1. The molecule has 1 aliphatic heterocycles. The van der Waals surface area contributed by atoms with Gasteiger partial charge in [0.05, 0.1) is 5.02 Å². The van der Waals surface area contributed by atoms with Crippen LogP contribution in [0, 0.1) is 0 Å². The molecular weight excluding hydrogens is 330 g/mol. The molecule has 6 nitrogen and oxygen atoms in total. The zero-order chi connectivity index (χ0) is 17.7. The maximum atomic E-state index is 12.1. The second-order valence-corrected chi connectivity index (χ2v) is 6.70. The summed E-state index contributed by atoms with van der Waals surface area (Å²) in [4.78, 5) is 28.0. The van der Waals surface area contributed by atoms with Crippen LogP contribution in [0.25, 0.3) is 0 Å². The number of hydrogen-bond acceptors (Lipinski definition) is 4. The van der Waals surface area contributed by atoms with Gasteiger partial charge in [0.15, 0.2) is 0 Å². The maximum absolute atomic E-state index is 12.1. The van der Waals surface area contributed by atoms with Gasteiger partial charge in [0.25, 0.3) is 5.91 Å². The number of halogens is 1. The molecular formula is C17H24ClN3O3. The van der Waals surface area contributed by atoms with Gasteiger partial charge in [-0.05, 0) is 45.1 Å². The number of hydrogen-bond donors (Lipinski definition) is 2. The number of phenols is 1. The van der Waals surface area contributed by atoms with Gasteiger partial charge >= 0.3 is 0 Å². The zero-order valence-corrected chi connectivity index (χ0v) is 14.8. The van der Waals surface area contributed by atoms with Crippen LogP contribution in [0.3, 0.4) is 0 Å². The van der Waals surface area contributed by atoms with Gasteiger partial charge in [-0.1, -0.05) is 11.6 Å². The molecule has 1 atom stereocenters. The second kappa shape index (κ2) is 8.35. The number of nitrogens with zero attached hydrogens (tertiary/aromatic N) is 2. The van der Waals surface area contributed by atoms with Gasteiger partial charge in [-0.25, -0.2) is 0 Å². The van der Waals surface area contributed by atoms with E-state index in [9.17, 15) is 14.7 Å². The van der Waals surface area contributed by atoms with Crippen molar-refractivity contribution in [3.8, 4) is 5.75 Å². The quantitative estimate of drug-likeness (QED) is 0.782. The Morgan fingerprint density at radius 3 is 2.88 bits per heavy atom. The van der Waals surface area contributed by atoms with Crippen LogP contribution >= 0.6 is 11.6 Å². The van der Waals surface area contributed by atoms with Gasteiger partial charge in [0.1, 0.15) is 5.75 Å². The molecule has 1 aromatic rings. The van der Waals surface area contributed by atoms with Crippen molar-refractivity contribution in [2.24, 2.45) is 0 Å². The summed E-state index contributed by atoms with van der Waals surface area (Å²) in [7, 11) is 3.97. The number of nitrogens with one attached hydrogen (secondary N) is 1. The first-order valence-corrected chi connectivity index (χ1v) is 8.47. The summed E-state index contributed by atoms with van der Waals surface area (Å²) >= 11 is 5.81. The Morgan fingerprint density at radius 2 is 2.21 bits per heavy atom. The summed E-state index contributed by atoms with van der Waals surface area (Å²) < 4.78 is 0. The van der Waals surface area contributed by atoms with E-state index in [4.69, 9.17) is 11.6 Å². The number of carbonyl (C=O) groups excluding carboxylic acids is 2. The molecule has 0 radical (unpaired) electrons. The highest BCUT2D eigenvalue weighted by molar-refractivity contribution is 6.32. The lowest BCUT2D eigenvalue weighted by Crippen LogP contribution is -2.40. The molecule has 1 aliphatic rings. The van der Waals surface area contributed by atoms with E-state index < -0.39 is 0 Å². The highest BCUT2D eigenvalue weighted by Gasteiger charge is 2.30. The standard InChI is InChI=1S/C17H24ClN3O3/c1-20(2)9-10-21-13(4-6-16(21)23)7-8-19-17(24)12-3-5-15(22)14(18)11-12/h3,5,11,13,22H,4,6-10H2,1-2H3,(H,19,24). The molecule has 132 valence electrons. The monoisotopic (exact) mass is 353 g/mol. The topological polar surface area (TPSA) is 72.9 Å². The minimum absolute atomic E-state index is 0.0470. The van der Waals surface area contributed by atoms with Gasteiger partial charge < -0.3 is 20.2 Å². The lowest BCUT2D eigenvalue weighted by molar-refractivity contribution is -0.129. The number of amides is 2. The Bertz CT molecular complexity index is 607. The molecule has 0 aliphatic carbocycles. The fraction of sp³-hybridized carbons (Fsp3) is 0.529. The first-order valence-electron chi connectivity index (χ1n) is 8.09. The molecule has 1 unspecified atom stereocenters. The Hall–Kier alpha value is -1.79. The van der Waals surface area contributed by atoms with Crippen molar-refractivity contribution in [1.82, 2.24) is 15.1 Å². The van der Waals surface area contributed by atoms with Gasteiger partial charge in [-0.3, -0.25) is 9.59 Å². The molecule has 2 rings (SSSR count). The molecule has 1 aromatic carbocycles. The van der Waals surface area contributed by atoms with Crippen molar-refractivity contribution in [1.29, 1.82) is 0 Å². The minimum Gasteiger partial charge on any atom is -0.506 e. The van der Waals surface area contributed by atoms with E-state index in [-0.39, 0.29) is 28.6 Å². The molecule has 1 saturated heterocycles. The van der Waals surface area contributed by atoms with Crippen molar-refractivity contribution < 1.29 is 14.7 Å². The summed E-state index contributed by atoms with van der Waals surface area (Å²) in [6.07, 6.45) is 2.16. The minimum atomic E-state index is -0.235. The lowest BCUT2D eigenvalue weighted by Gasteiger charge is -2.26. The second-order valence-electron chi connectivity index (χ2n) is 6.29. The summed E-state index contributed by atoms with van der Waals surface area (Å²) in [5.41, 5.74) is 0.407. The fourth-order valence-corrected chi connectivity index (χ4v) is 2.99. The summed E-state index contributed by atoms with van der Waals surface area (Å²) in [6, 6.07) is 4.55. The van der Waals surface area contributed by atoms with Crippen molar-refractivity contribution in [3.63, 3.8) is 0 Å². The van der Waals surface area contributed by atoms with Crippen molar-refractivity contribution in [2.45, 2.75) is 25.3 Å². The first-order chi connectivity index (χ1) is 11.4. The maximum Gasteiger partial charge on any atom is 0.251 e. The van der Waals surface area contributed by atoms with Crippen LogP contribution in [-0.2, 0) is 4.79 Å². The third kappa shape index (κ3) is 4.85. The van der Waals surface area contributed by atoms with E-state index in [0.717, 1.165) is 25.9 Å². The summed E-state index contributed by atoms with van der Waals surface area (Å²) in [5, 5.41) is 12.4. The predicted molar refractivity (Wildman–Crippen MR) is 93.4 cm³/mol. The Labute approximate surface area is 147 Å². The Kier molecular flexibility index (Phi) is 6.45. The number of benzene rings is 1. The number of aromatic hydroxyl groups is 1. The van der Waals surface area contributed by atoms with Gasteiger partial charge in [-0.2, -0.15) is 0 Å². The molecule has 7 heteroatoms. The molecule has 0 saturated carbocycles. The molecule has 2 amide bonds. The van der Waals surface area contributed by atoms with Crippen LogP contribution in [0.4, 0.5) is 0 Å².